The lowest BCUT2D eigenvalue weighted by molar-refractivity contribution is 0.591. The SMILES string of the molecule is [2H]C1=C([2H])C2C([2H])=C([2H])c3c(nc([2H])c([2H])c3[2H])C2N=C1c1c([2H])c([2H])c(-c2c([2H])c([2H])c([2H])c(-c3oc(-c4c([2H])c([2H])c([2H])c5c([2H])c([2H])c([2H])c([2H])c45)c(-c4c([2H])c([2H])c([2H])c5ccc([2H])c([2H])c45)c3-c3c([2H])c([2H])cc4c([2H])c([2H])c([2H])c([2H])c34)c2[2H])c2c([2H])c([2H])c([2H])c([2H])c12. The molecule has 2 aromatic heterocycles. The van der Waals surface area contributed by atoms with Gasteiger partial charge in [0.2, 0.25) is 0 Å². The Morgan fingerprint density at radius 1 is 0.446 bits per heavy atom. The topological polar surface area (TPSA) is 38.4 Å². The van der Waals surface area contributed by atoms with E-state index < -0.39 is 340 Å². The molecule has 9 aromatic carbocycles. The monoisotopic (exact) mass is 864 g/mol. The van der Waals surface area contributed by atoms with Crippen LogP contribution in [0.4, 0.5) is 0 Å². The van der Waals surface area contributed by atoms with E-state index in [0.717, 1.165) is 18.2 Å². The highest BCUT2D eigenvalue weighted by molar-refractivity contribution is 6.19. The zero-order valence-corrected chi connectivity index (χ0v) is 32.7. The number of nitrogens with zero attached hydrogens (tertiary/aromatic N) is 2. The van der Waals surface area contributed by atoms with Gasteiger partial charge in [-0.25, -0.2) is 0 Å². The standard InChI is InChI=1S/C62H40N2O/c1-4-23-46-39(14-1)17-10-28-53(46)57-58(54-29-11-18-40-15-2-5-24-47(40)54)62(55-30-12-19-41-16-3-6-25-48(41)55)65-61(57)45-21-9-20-44(38-45)49-34-35-52(51-27-8-7-26-50(49)51)56-36-33-43-32-31-42-22-13-37-63-59(42)60(43)64-56/h1-38,43,60H/i1D,3D,4D,5D,6D,7D,8D,9D,10D,11D,12D,13D,14D,16D,18D,19D,20D,21D,22D,23D,24D,25D,26D,27D,28D,29D,30D,31D,32D,33D,34D,35D,36D,37D,38D. The number of rotatable bonds is 6. The van der Waals surface area contributed by atoms with Crippen molar-refractivity contribution in [2.24, 2.45) is 10.9 Å². The fourth-order valence-corrected chi connectivity index (χ4v) is 7.98. The van der Waals surface area contributed by atoms with E-state index in [0.29, 0.717) is 0 Å². The summed E-state index contributed by atoms with van der Waals surface area (Å²) in [5.41, 5.74) is -10.1. The molecule has 0 amide bonds. The fourth-order valence-electron chi connectivity index (χ4n) is 7.98. The highest BCUT2D eigenvalue weighted by Gasteiger charge is 2.30. The van der Waals surface area contributed by atoms with E-state index in [4.69, 9.17) is 26.3 Å². The second-order valence-corrected chi connectivity index (χ2v) is 14.4. The van der Waals surface area contributed by atoms with Gasteiger partial charge in [-0.2, -0.15) is 0 Å². The first-order valence-corrected chi connectivity index (χ1v) is 19.5. The second kappa shape index (κ2) is 15.1. The molecule has 0 spiro atoms. The first-order valence-electron chi connectivity index (χ1n) is 37.0. The number of fused-ring (bicyclic) bond motifs is 7. The lowest BCUT2D eigenvalue weighted by atomic mass is 9.85. The van der Waals surface area contributed by atoms with Crippen molar-refractivity contribution in [2.75, 3.05) is 0 Å². The summed E-state index contributed by atoms with van der Waals surface area (Å²) in [6.07, 6.45) is -0.796. The maximum absolute atomic E-state index is 10.5. The van der Waals surface area contributed by atoms with Crippen LogP contribution in [0, 0.1) is 5.92 Å². The first kappa shape index (κ1) is 16.3. The van der Waals surface area contributed by atoms with Gasteiger partial charge in [0.25, 0.3) is 0 Å². The summed E-state index contributed by atoms with van der Waals surface area (Å²) in [5.74, 6) is -3.85. The molecule has 2 aliphatic rings. The van der Waals surface area contributed by atoms with Crippen molar-refractivity contribution >= 4 is 54.9 Å². The summed E-state index contributed by atoms with van der Waals surface area (Å²) in [5, 5.41) is -5.50. The molecule has 0 N–H and O–H groups in total. The summed E-state index contributed by atoms with van der Waals surface area (Å²) in [4.78, 5) is 8.71. The van der Waals surface area contributed by atoms with Crippen LogP contribution in [0.3, 0.4) is 0 Å². The molecule has 3 nitrogen and oxygen atoms in total. The van der Waals surface area contributed by atoms with E-state index in [1.165, 1.54) is 0 Å². The molecule has 3 heteroatoms. The van der Waals surface area contributed by atoms with Crippen molar-refractivity contribution in [1.29, 1.82) is 0 Å². The Hall–Kier alpha value is -8.40. The molecule has 0 bridgehead atoms. The normalized spacial score (nSPS) is 23.5. The number of dihydropyridines is 1. The highest BCUT2D eigenvalue weighted by Crippen LogP contribution is 2.52. The molecular formula is C62H40N2O. The number of allylic oxidation sites excluding steroid dienone is 1. The van der Waals surface area contributed by atoms with Crippen LogP contribution in [0.2, 0.25) is 0 Å². The predicted octanol–water partition coefficient (Wildman–Crippen LogP) is 16.4. The van der Waals surface area contributed by atoms with Crippen molar-refractivity contribution in [3.8, 4) is 56.0 Å². The van der Waals surface area contributed by atoms with Crippen LogP contribution in [-0.4, -0.2) is 10.7 Å². The molecule has 3 heterocycles. The Kier molecular flexibility index (Phi) is 3.80. The quantitative estimate of drug-likeness (QED) is 0.167. The molecule has 0 saturated carbocycles. The lowest BCUT2D eigenvalue weighted by Gasteiger charge is -2.27. The summed E-state index contributed by atoms with van der Waals surface area (Å²) in [7, 11) is 0. The Labute approximate surface area is 426 Å². The smallest absolute Gasteiger partial charge is 0.143 e. The van der Waals surface area contributed by atoms with Gasteiger partial charge in [0, 0.05) is 39.9 Å². The average Bonchev–Trinajstić information content (AvgIpc) is 1.33. The number of furan rings is 1. The van der Waals surface area contributed by atoms with Crippen LogP contribution in [-0.2, 0) is 0 Å². The fraction of sp³-hybridized carbons (Fsp3) is 0.0323. The maximum Gasteiger partial charge on any atom is 0.143 e. The van der Waals surface area contributed by atoms with Gasteiger partial charge in [-0.05, 0) is 89.0 Å². The van der Waals surface area contributed by atoms with Gasteiger partial charge in [0.05, 0.1) is 59.4 Å². The third-order valence-corrected chi connectivity index (χ3v) is 10.8. The number of hydrogen-bond donors (Lipinski definition) is 0. The van der Waals surface area contributed by atoms with E-state index in [-0.39, 0.29) is 5.39 Å². The molecule has 65 heavy (non-hydrogen) atoms. The number of aromatic nitrogens is 1. The average molecular weight is 864 g/mol. The Balaban J connectivity index is 1.28. The molecule has 1 aliphatic heterocycles. The van der Waals surface area contributed by atoms with Gasteiger partial charge in [0.15, 0.2) is 0 Å². The molecule has 0 fully saturated rings. The minimum Gasteiger partial charge on any atom is -0.455 e. The highest BCUT2D eigenvalue weighted by atomic mass is 16.3. The lowest BCUT2D eigenvalue weighted by Crippen LogP contribution is -2.19. The first-order chi connectivity index (χ1) is 46.8. The van der Waals surface area contributed by atoms with Crippen LogP contribution in [0.15, 0.2) is 233 Å². The molecule has 2 unspecified atom stereocenters. The zero-order chi connectivity index (χ0) is 73.3. The van der Waals surface area contributed by atoms with Gasteiger partial charge in [-0.1, -0.05) is 206 Å². The van der Waals surface area contributed by atoms with Crippen LogP contribution in [0.1, 0.15) is 70.8 Å². The molecule has 1 aliphatic carbocycles. The second-order valence-electron chi connectivity index (χ2n) is 14.4. The Morgan fingerprint density at radius 2 is 1.06 bits per heavy atom. The van der Waals surface area contributed by atoms with Crippen LogP contribution in [0.5, 0.6) is 0 Å². The largest absolute Gasteiger partial charge is 0.455 e. The molecular weight excluding hydrogens is 789 g/mol. The third kappa shape index (κ3) is 6.12. The van der Waals surface area contributed by atoms with Crippen LogP contribution >= 0.6 is 0 Å². The minimum absolute atomic E-state index is 0.382. The number of benzene rings is 9. The number of aliphatic imine (C=N–C) groups is 1. The van der Waals surface area contributed by atoms with E-state index in [1.807, 2.05) is 0 Å². The van der Waals surface area contributed by atoms with Gasteiger partial charge in [0.1, 0.15) is 17.6 Å². The zero-order valence-electron chi connectivity index (χ0n) is 67.7. The molecule has 304 valence electrons. The number of pyridine rings is 1. The summed E-state index contributed by atoms with van der Waals surface area (Å²) in [6, 6.07) is -32.0. The van der Waals surface area contributed by atoms with Gasteiger partial charge < -0.3 is 4.42 Å². The van der Waals surface area contributed by atoms with Crippen molar-refractivity contribution < 1.29 is 52.4 Å². The van der Waals surface area contributed by atoms with Gasteiger partial charge in [-0.15, -0.1) is 0 Å². The molecule has 13 rings (SSSR count). The summed E-state index contributed by atoms with van der Waals surface area (Å²) >= 11 is 0. The molecule has 2 atom stereocenters. The van der Waals surface area contributed by atoms with Crippen LogP contribution in [0.25, 0.3) is 105 Å². The van der Waals surface area contributed by atoms with E-state index in [9.17, 15) is 26.0 Å². The number of hydrogen-bond acceptors (Lipinski definition) is 3. The summed E-state index contributed by atoms with van der Waals surface area (Å²) < 4.78 is 332. The summed E-state index contributed by atoms with van der Waals surface area (Å²) in [6.45, 7) is 0. The van der Waals surface area contributed by atoms with Crippen molar-refractivity contribution in [3.05, 3.63) is 241 Å². The maximum atomic E-state index is 10.5. The van der Waals surface area contributed by atoms with E-state index >= 15 is 0 Å². The van der Waals surface area contributed by atoms with Gasteiger partial charge >= 0.3 is 0 Å². The third-order valence-electron chi connectivity index (χ3n) is 10.8. The van der Waals surface area contributed by atoms with E-state index in [1.54, 1.807) is 0 Å². The molecule has 11 aromatic rings. The van der Waals surface area contributed by atoms with Gasteiger partial charge in [-0.3, -0.25) is 9.98 Å². The Morgan fingerprint density at radius 3 is 1.92 bits per heavy atom. The van der Waals surface area contributed by atoms with E-state index in [2.05, 4.69) is 9.98 Å². The predicted molar refractivity (Wildman–Crippen MR) is 271 cm³/mol. The Bertz CT molecular complexity index is 5860. The minimum atomic E-state index is -1.70. The van der Waals surface area contributed by atoms with Crippen molar-refractivity contribution in [2.45, 2.75) is 6.04 Å². The van der Waals surface area contributed by atoms with Crippen molar-refractivity contribution in [1.82, 2.24) is 4.98 Å². The molecule has 0 radical (unpaired) electrons. The van der Waals surface area contributed by atoms with Crippen LogP contribution < -0.4 is 0 Å². The van der Waals surface area contributed by atoms with Crippen molar-refractivity contribution in [3.63, 3.8) is 0 Å². The molecule has 0 saturated heterocycles.